The second kappa shape index (κ2) is 8.43. The summed E-state index contributed by atoms with van der Waals surface area (Å²) >= 11 is 1.41. The first-order chi connectivity index (χ1) is 14.3. The van der Waals surface area contributed by atoms with Crippen molar-refractivity contribution in [2.45, 2.75) is 31.2 Å². The van der Waals surface area contributed by atoms with Crippen LogP contribution in [0.2, 0.25) is 0 Å². The monoisotopic (exact) mass is 444 g/mol. The van der Waals surface area contributed by atoms with E-state index in [-0.39, 0.29) is 35.1 Å². The van der Waals surface area contributed by atoms with Gasteiger partial charge < -0.3 is 9.64 Å². The molecular weight excluding hydrogens is 420 g/mol. The van der Waals surface area contributed by atoms with Gasteiger partial charge in [0.25, 0.3) is 5.91 Å². The van der Waals surface area contributed by atoms with Crippen LogP contribution < -0.4 is 4.74 Å². The van der Waals surface area contributed by atoms with Gasteiger partial charge in [-0.1, -0.05) is 53.7 Å². The fraction of sp³-hybridized carbons (Fsp3) is 0.364. The Kier molecular flexibility index (Phi) is 5.88. The molecule has 4 rings (SSSR count). The smallest absolute Gasteiger partial charge is 0.252 e. The van der Waals surface area contributed by atoms with Crippen LogP contribution in [-0.4, -0.2) is 54.3 Å². The third-order valence-corrected chi connectivity index (χ3v) is 8.63. The number of aliphatic imine (C=N–C) groups is 1. The van der Waals surface area contributed by atoms with Gasteiger partial charge in [-0.05, 0) is 30.2 Å². The van der Waals surface area contributed by atoms with Crippen molar-refractivity contribution in [3.63, 3.8) is 0 Å². The molecule has 0 aromatic heterocycles. The average Bonchev–Trinajstić information content (AvgIpc) is 3.16. The van der Waals surface area contributed by atoms with Crippen molar-refractivity contribution in [2.24, 2.45) is 4.99 Å². The number of thioether (sulfide) groups is 1. The minimum Gasteiger partial charge on any atom is -0.497 e. The summed E-state index contributed by atoms with van der Waals surface area (Å²) in [7, 11) is -1.45. The molecule has 2 saturated heterocycles. The molecule has 2 heterocycles. The van der Waals surface area contributed by atoms with E-state index in [0.29, 0.717) is 11.7 Å². The lowest BCUT2D eigenvalue weighted by atomic mass is 10.1. The van der Waals surface area contributed by atoms with Crippen molar-refractivity contribution < 1.29 is 17.9 Å². The van der Waals surface area contributed by atoms with Gasteiger partial charge in [-0.3, -0.25) is 4.79 Å². The van der Waals surface area contributed by atoms with Crippen molar-refractivity contribution in [3.05, 3.63) is 65.2 Å². The summed E-state index contributed by atoms with van der Waals surface area (Å²) in [6.45, 7) is 2.51. The molecule has 2 aromatic rings. The van der Waals surface area contributed by atoms with Crippen LogP contribution in [0.15, 0.2) is 53.5 Å². The Hall–Kier alpha value is -2.32. The number of ether oxygens (including phenoxy) is 1. The van der Waals surface area contributed by atoms with Gasteiger partial charge in [-0.2, -0.15) is 4.99 Å². The minimum atomic E-state index is -3.07. The average molecular weight is 445 g/mol. The van der Waals surface area contributed by atoms with E-state index in [9.17, 15) is 13.2 Å². The van der Waals surface area contributed by atoms with Crippen molar-refractivity contribution in [3.8, 4) is 5.75 Å². The van der Waals surface area contributed by atoms with Crippen LogP contribution in [0.4, 0.5) is 0 Å². The number of carbonyl (C=O) groups is 1. The molecule has 0 bridgehead atoms. The van der Waals surface area contributed by atoms with Crippen molar-refractivity contribution in [1.82, 2.24) is 4.90 Å². The highest BCUT2D eigenvalue weighted by Gasteiger charge is 2.48. The molecule has 2 aromatic carbocycles. The molecule has 6 nitrogen and oxygen atoms in total. The number of aryl methyl sites for hydroxylation is 1. The lowest BCUT2D eigenvalue weighted by Crippen LogP contribution is -2.37. The Bertz CT molecular complexity index is 1060. The van der Waals surface area contributed by atoms with E-state index < -0.39 is 9.84 Å². The van der Waals surface area contributed by atoms with E-state index in [0.717, 1.165) is 22.4 Å². The summed E-state index contributed by atoms with van der Waals surface area (Å²) in [5.74, 6) is 0.778. The maximum atomic E-state index is 12.6. The number of rotatable bonds is 5. The molecule has 0 N–H and O–H groups in total. The summed E-state index contributed by atoms with van der Waals surface area (Å²) in [4.78, 5) is 19.0. The van der Waals surface area contributed by atoms with Crippen molar-refractivity contribution in [1.29, 1.82) is 0 Å². The third-order valence-electron chi connectivity index (χ3n) is 5.38. The maximum absolute atomic E-state index is 12.6. The van der Waals surface area contributed by atoms with Crippen LogP contribution in [0.3, 0.4) is 0 Å². The molecule has 158 valence electrons. The van der Waals surface area contributed by atoms with Gasteiger partial charge in [0.05, 0.1) is 31.1 Å². The first-order valence-corrected chi connectivity index (χ1v) is 12.5. The first-order valence-electron chi connectivity index (χ1n) is 9.77. The van der Waals surface area contributed by atoms with Gasteiger partial charge >= 0.3 is 0 Å². The van der Waals surface area contributed by atoms with Gasteiger partial charge in [-0.25, -0.2) is 8.42 Å². The number of amidine groups is 1. The molecule has 0 unspecified atom stereocenters. The zero-order chi connectivity index (χ0) is 21.3. The Morgan fingerprint density at radius 2 is 1.77 bits per heavy atom. The fourth-order valence-electron chi connectivity index (χ4n) is 3.77. The number of hydrogen-bond donors (Lipinski definition) is 0. The zero-order valence-electron chi connectivity index (χ0n) is 16.9. The lowest BCUT2D eigenvalue weighted by Gasteiger charge is -2.24. The normalized spacial score (nSPS) is 23.5. The number of amides is 1. The quantitative estimate of drug-likeness (QED) is 0.706. The summed E-state index contributed by atoms with van der Waals surface area (Å²) in [6.07, 6.45) is 0.231. The molecule has 2 fully saturated rings. The Morgan fingerprint density at radius 1 is 1.10 bits per heavy atom. The standard InChI is InChI=1S/C22H24N2O4S2/c1-15-3-5-16(6-4-15)11-21(25)23-22-24(12-17-7-9-18(28-2)10-8-17)19-13-30(26,27)14-20(19)29-22/h3-10,19-20H,11-14H2,1-2H3/t19-,20+/m0/s1. The van der Waals surface area contributed by atoms with Gasteiger partial charge in [0.15, 0.2) is 15.0 Å². The lowest BCUT2D eigenvalue weighted by molar-refractivity contribution is -0.117. The highest BCUT2D eigenvalue weighted by molar-refractivity contribution is 8.15. The van der Waals surface area contributed by atoms with E-state index >= 15 is 0 Å². The molecule has 8 heteroatoms. The van der Waals surface area contributed by atoms with Crippen LogP contribution >= 0.6 is 11.8 Å². The number of carbonyl (C=O) groups excluding carboxylic acids is 1. The highest BCUT2D eigenvalue weighted by atomic mass is 32.2. The first kappa shape index (κ1) is 20.9. The highest BCUT2D eigenvalue weighted by Crippen LogP contribution is 2.39. The minimum absolute atomic E-state index is 0.0841. The van der Waals surface area contributed by atoms with Gasteiger partial charge in [0, 0.05) is 11.8 Å². The fourth-order valence-corrected chi connectivity index (χ4v) is 7.74. The molecule has 0 spiro atoms. The summed E-state index contributed by atoms with van der Waals surface area (Å²) in [5, 5.41) is 0.534. The molecule has 30 heavy (non-hydrogen) atoms. The number of fused-ring (bicyclic) bond motifs is 1. The molecule has 2 aliphatic rings. The third kappa shape index (κ3) is 4.70. The molecular formula is C22H24N2O4S2. The summed E-state index contributed by atoms with van der Waals surface area (Å²) < 4.78 is 29.5. The van der Waals surface area contributed by atoms with Crippen LogP contribution in [-0.2, 0) is 27.6 Å². The van der Waals surface area contributed by atoms with E-state index in [1.165, 1.54) is 11.8 Å². The van der Waals surface area contributed by atoms with Crippen LogP contribution in [0.5, 0.6) is 5.75 Å². The largest absolute Gasteiger partial charge is 0.497 e. The summed E-state index contributed by atoms with van der Waals surface area (Å²) in [6, 6.07) is 15.3. The van der Waals surface area contributed by atoms with Crippen molar-refractivity contribution >= 4 is 32.7 Å². The van der Waals surface area contributed by atoms with Crippen molar-refractivity contribution in [2.75, 3.05) is 18.6 Å². The number of nitrogens with zero attached hydrogens (tertiary/aromatic N) is 2. The molecule has 2 aliphatic heterocycles. The predicted molar refractivity (Wildman–Crippen MR) is 120 cm³/mol. The molecule has 0 radical (unpaired) electrons. The van der Waals surface area contributed by atoms with E-state index in [4.69, 9.17) is 4.74 Å². The second-order valence-corrected chi connectivity index (χ2v) is 11.1. The van der Waals surface area contributed by atoms with Crippen LogP contribution in [0.1, 0.15) is 16.7 Å². The Labute approximate surface area is 181 Å². The van der Waals surface area contributed by atoms with Crippen LogP contribution in [0, 0.1) is 6.92 Å². The van der Waals surface area contributed by atoms with Gasteiger partial charge in [-0.15, -0.1) is 0 Å². The number of hydrogen-bond acceptors (Lipinski definition) is 5. The molecule has 0 saturated carbocycles. The second-order valence-electron chi connectivity index (χ2n) is 7.73. The number of methoxy groups -OCH3 is 1. The van der Waals surface area contributed by atoms with E-state index in [1.807, 2.05) is 60.4 Å². The van der Waals surface area contributed by atoms with Gasteiger partial charge in [0.1, 0.15) is 5.75 Å². The van der Waals surface area contributed by atoms with E-state index in [1.54, 1.807) is 7.11 Å². The topological polar surface area (TPSA) is 76.0 Å². The predicted octanol–water partition coefficient (Wildman–Crippen LogP) is 2.84. The molecule has 2 atom stereocenters. The summed E-state index contributed by atoms with van der Waals surface area (Å²) in [5.41, 5.74) is 3.08. The van der Waals surface area contributed by atoms with E-state index in [2.05, 4.69) is 4.99 Å². The van der Waals surface area contributed by atoms with Gasteiger partial charge in [0.2, 0.25) is 0 Å². The number of sulfone groups is 1. The zero-order valence-corrected chi connectivity index (χ0v) is 18.6. The Balaban J connectivity index is 1.55. The maximum Gasteiger partial charge on any atom is 0.252 e. The van der Waals surface area contributed by atoms with Crippen LogP contribution in [0.25, 0.3) is 0 Å². The SMILES string of the molecule is COc1ccc(CN2C(=NC(=O)Cc3ccc(C)cc3)S[C@@H]3CS(=O)(=O)C[C@@H]32)cc1. The molecule has 0 aliphatic carbocycles. The Morgan fingerprint density at radius 3 is 2.43 bits per heavy atom. The number of benzene rings is 2. The molecule has 1 amide bonds.